The van der Waals surface area contributed by atoms with E-state index in [1.807, 2.05) is 74.5 Å². The van der Waals surface area contributed by atoms with E-state index in [9.17, 15) is 9.59 Å². The minimum absolute atomic E-state index is 0.0112. The van der Waals surface area contributed by atoms with Gasteiger partial charge in [0.2, 0.25) is 5.91 Å². The topological polar surface area (TPSA) is 58.6 Å². The molecule has 2 amide bonds. The number of rotatable bonds is 11. The summed E-state index contributed by atoms with van der Waals surface area (Å²) in [5, 5.41) is 3.63. The Morgan fingerprint density at radius 2 is 1.69 bits per heavy atom. The molecule has 0 unspecified atom stereocenters. The van der Waals surface area contributed by atoms with Gasteiger partial charge in [0, 0.05) is 28.5 Å². The SMILES string of the molecule is CC[C@H](C)NC(=O)[C@@H](Cc1ccccc1)N(Cc1cccc(Cl)c1)C(=O)COc1ccc(Br)cc1. The second-order valence-corrected chi connectivity index (χ2v) is 9.77. The number of carbonyl (C=O) groups is 2. The quantitative estimate of drug-likeness (QED) is 0.313. The van der Waals surface area contributed by atoms with E-state index in [1.165, 1.54) is 0 Å². The average Bonchev–Trinajstić information content (AvgIpc) is 2.86. The third-order valence-electron chi connectivity index (χ3n) is 5.69. The first-order chi connectivity index (χ1) is 16.9. The Morgan fingerprint density at radius 1 is 1.00 bits per heavy atom. The standard InChI is InChI=1S/C28H30BrClN2O3/c1-3-20(2)31-28(34)26(17-21-8-5-4-6-9-21)32(18-22-10-7-11-24(30)16-22)27(33)19-35-25-14-12-23(29)13-15-25/h4-16,20,26H,3,17-19H2,1-2H3,(H,31,34)/t20-,26+/m0/s1. The highest BCUT2D eigenvalue weighted by Gasteiger charge is 2.31. The fourth-order valence-corrected chi connectivity index (χ4v) is 4.06. The van der Waals surface area contributed by atoms with Crippen LogP contribution in [0.25, 0.3) is 0 Å². The summed E-state index contributed by atoms with van der Waals surface area (Å²) in [6, 6.07) is 23.6. The summed E-state index contributed by atoms with van der Waals surface area (Å²) in [4.78, 5) is 28.6. The van der Waals surface area contributed by atoms with Crippen molar-refractivity contribution in [1.29, 1.82) is 0 Å². The zero-order chi connectivity index (χ0) is 25.2. The summed E-state index contributed by atoms with van der Waals surface area (Å²) in [7, 11) is 0. The number of hydrogen-bond donors (Lipinski definition) is 1. The monoisotopic (exact) mass is 556 g/mol. The summed E-state index contributed by atoms with van der Waals surface area (Å²) in [6.07, 6.45) is 1.17. The van der Waals surface area contributed by atoms with Crippen molar-refractivity contribution in [2.24, 2.45) is 0 Å². The van der Waals surface area contributed by atoms with Crippen molar-refractivity contribution in [2.45, 2.75) is 45.3 Å². The number of nitrogens with one attached hydrogen (secondary N) is 1. The van der Waals surface area contributed by atoms with E-state index >= 15 is 0 Å². The molecule has 5 nitrogen and oxygen atoms in total. The maximum atomic E-state index is 13.5. The molecule has 0 bridgehead atoms. The zero-order valence-corrected chi connectivity index (χ0v) is 22.3. The summed E-state index contributed by atoms with van der Waals surface area (Å²) in [5.74, 6) is 0.100. The van der Waals surface area contributed by atoms with Crippen molar-refractivity contribution >= 4 is 39.3 Å². The molecule has 2 atom stereocenters. The minimum atomic E-state index is -0.716. The van der Waals surface area contributed by atoms with Gasteiger partial charge in [-0.1, -0.05) is 76.9 Å². The van der Waals surface area contributed by atoms with Gasteiger partial charge in [-0.15, -0.1) is 0 Å². The van der Waals surface area contributed by atoms with Crippen LogP contribution in [0.2, 0.25) is 5.02 Å². The van der Waals surface area contributed by atoms with E-state index in [-0.39, 0.29) is 31.0 Å². The third-order valence-corrected chi connectivity index (χ3v) is 6.45. The Hall–Kier alpha value is -2.83. The van der Waals surface area contributed by atoms with E-state index in [2.05, 4.69) is 21.2 Å². The van der Waals surface area contributed by atoms with E-state index in [0.29, 0.717) is 17.2 Å². The molecule has 0 spiro atoms. The Morgan fingerprint density at radius 3 is 2.34 bits per heavy atom. The van der Waals surface area contributed by atoms with Gasteiger partial charge in [-0.2, -0.15) is 0 Å². The summed E-state index contributed by atoms with van der Waals surface area (Å²) >= 11 is 9.61. The minimum Gasteiger partial charge on any atom is -0.484 e. The molecule has 0 saturated heterocycles. The fourth-order valence-electron chi connectivity index (χ4n) is 3.59. The Labute approximate surface area is 220 Å². The normalized spacial score (nSPS) is 12.5. The van der Waals surface area contributed by atoms with Crippen LogP contribution in [0.1, 0.15) is 31.4 Å². The largest absolute Gasteiger partial charge is 0.484 e. The van der Waals surface area contributed by atoms with E-state index in [0.717, 1.165) is 22.0 Å². The average molecular weight is 558 g/mol. The summed E-state index contributed by atoms with van der Waals surface area (Å²) in [5.41, 5.74) is 1.80. The predicted octanol–water partition coefficient (Wildman–Crippen LogP) is 6.04. The van der Waals surface area contributed by atoms with E-state index in [1.54, 1.807) is 23.1 Å². The lowest BCUT2D eigenvalue weighted by Gasteiger charge is -2.32. The van der Waals surface area contributed by atoms with Crippen LogP contribution in [0.5, 0.6) is 5.75 Å². The molecule has 3 aromatic carbocycles. The molecule has 35 heavy (non-hydrogen) atoms. The molecule has 0 saturated carbocycles. The Bertz CT molecular complexity index is 1110. The van der Waals surface area contributed by atoms with Gasteiger partial charge in [-0.3, -0.25) is 9.59 Å². The molecule has 0 radical (unpaired) electrons. The van der Waals surface area contributed by atoms with Crippen LogP contribution in [0.4, 0.5) is 0 Å². The predicted molar refractivity (Wildman–Crippen MR) is 143 cm³/mol. The first-order valence-electron chi connectivity index (χ1n) is 11.6. The molecule has 0 fully saturated rings. The van der Waals surface area contributed by atoms with E-state index < -0.39 is 6.04 Å². The molecular formula is C28H30BrClN2O3. The smallest absolute Gasteiger partial charge is 0.261 e. The highest BCUT2D eigenvalue weighted by molar-refractivity contribution is 9.10. The van der Waals surface area contributed by atoms with Crippen molar-refractivity contribution < 1.29 is 14.3 Å². The van der Waals surface area contributed by atoms with Gasteiger partial charge >= 0.3 is 0 Å². The van der Waals surface area contributed by atoms with Gasteiger partial charge in [0.05, 0.1) is 0 Å². The molecule has 3 aromatic rings. The van der Waals surface area contributed by atoms with Crippen LogP contribution < -0.4 is 10.1 Å². The fraction of sp³-hybridized carbons (Fsp3) is 0.286. The van der Waals surface area contributed by atoms with Gasteiger partial charge in [-0.05, 0) is 60.9 Å². The van der Waals surface area contributed by atoms with Crippen molar-refractivity contribution in [2.75, 3.05) is 6.61 Å². The summed E-state index contributed by atoms with van der Waals surface area (Å²) in [6.45, 7) is 4.01. The Kier molecular flexibility index (Phi) is 10.2. The second kappa shape index (κ2) is 13.3. The highest BCUT2D eigenvalue weighted by Crippen LogP contribution is 2.19. The Balaban J connectivity index is 1.90. The van der Waals surface area contributed by atoms with Crippen molar-refractivity contribution in [3.8, 4) is 5.75 Å². The molecule has 1 N–H and O–H groups in total. The van der Waals surface area contributed by atoms with Crippen LogP contribution in [0, 0.1) is 0 Å². The number of carbonyl (C=O) groups excluding carboxylic acids is 2. The molecular weight excluding hydrogens is 528 g/mol. The lowest BCUT2D eigenvalue weighted by molar-refractivity contribution is -0.143. The molecule has 0 heterocycles. The van der Waals surface area contributed by atoms with Gasteiger partial charge in [-0.25, -0.2) is 0 Å². The molecule has 184 valence electrons. The molecule has 3 rings (SSSR count). The number of benzene rings is 3. The highest BCUT2D eigenvalue weighted by atomic mass is 79.9. The zero-order valence-electron chi connectivity index (χ0n) is 19.9. The number of hydrogen-bond acceptors (Lipinski definition) is 3. The third kappa shape index (κ3) is 8.41. The maximum absolute atomic E-state index is 13.5. The van der Waals surface area contributed by atoms with Crippen LogP contribution >= 0.6 is 27.5 Å². The van der Waals surface area contributed by atoms with Crippen LogP contribution in [-0.2, 0) is 22.6 Å². The maximum Gasteiger partial charge on any atom is 0.261 e. The molecule has 7 heteroatoms. The molecule has 0 aromatic heterocycles. The molecule has 0 aliphatic carbocycles. The second-order valence-electron chi connectivity index (χ2n) is 8.42. The number of halogens is 2. The van der Waals surface area contributed by atoms with Crippen LogP contribution in [0.3, 0.4) is 0 Å². The van der Waals surface area contributed by atoms with Crippen molar-refractivity contribution in [3.05, 3.63) is 99.5 Å². The summed E-state index contributed by atoms with van der Waals surface area (Å²) < 4.78 is 6.70. The lowest BCUT2D eigenvalue weighted by Crippen LogP contribution is -2.53. The first-order valence-corrected chi connectivity index (χ1v) is 12.8. The number of amides is 2. The van der Waals surface area contributed by atoms with E-state index in [4.69, 9.17) is 16.3 Å². The lowest BCUT2D eigenvalue weighted by atomic mass is 10.0. The van der Waals surface area contributed by atoms with Gasteiger partial charge in [0.15, 0.2) is 6.61 Å². The van der Waals surface area contributed by atoms with Crippen molar-refractivity contribution in [1.82, 2.24) is 10.2 Å². The first kappa shape index (κ1) is 26.8. The van der Waals surface area contributed by atoms with Crippen LogP contribution in [-0.4, -0.2) is 35.4 Å². The van der Waals surface area contributed by atoms with Crippen LogP contribution in [0.15, 0.2) is 83.3 Å². The van der Waals surface area contributed by atoms with Gasteiger partial charge in [0.25, 0.3) is 5.91 Å². The molecule has 0 aliphatic heterocycles. The number of ether oxygens (including phenoxy) is 1. The number of nitrogens with zero attached hydrogens (tertiary/aromatic N) is 1. The van der Waals surface area contributed by atoms with Crippen molar-refractivity contribution in [3.63, 3.8) is 0 Å². The molecule has 0 aliphatic rings. The van der Waals surface area contributed by atoms with Gasteiger partial charge in [0.1, 0.15) is 11.8 Å². The van der Waals surface area contributed by atoms with Gasteiger partial charge < -0.3 is 15.0 Å².